The first-order valence-electron chi connectivity index (χ1n) is 6.52. The second-order valence-electron chi connectivity index (χ2n) is 4.86. The number of anilines is 1. The molecule has 0 spiro atoms. The van der Waals surface area contributed by atoms with Crippen LogP contribution < -0.4 is 4.90 Å². The maximum atomic E-state index is 6.18. The summed E-state index contributed by atoms with van der Waals surface area (Å²) in [5.74, 6) is 0. The second kappa shape index (κ2) is 5.10. The minimum absolute atomic E-state index is 0.788. The summed E-state index contributed by atoms with van der Waals surface area (Å²) in [5, 5.41) is 0.788. The van der Waals surface area contributed by atoms with Crippen LogP contribution in [0.2, 0.25) is 5.02 Å². The molecule has 0 fully saturated rings. The number of hydrogen-bond donors (Lipinski definition) is 0. The van der Waals surface area contributed by atoms with E-state index in [0.29, 0.717) is 0 Å². The Morgan fingerprint density at radius 1 is 1.05 bits per heavy atom. The van der Waals surface area contributed by atoms with Crippen LogP contribution in [-0.2, 0) is 0 Å². The molecule has 0 unspecified atom stereocenters. The third kappa shape index (κ3) is 2.39. The highest BCUT2D eigenvalue weighted by Crippen LogP contribution is 2.35. The lowest BCUT2D eigenvalue weighted by molar-refractivity contribution is 0.906. The van der Waals surface area contributed by atoms with Gasteiger partial charge in [0.25, 0.3) is 0 Å². The Morgan fingerprint density at radius 2 is 1.84 bits per heavy atom. The Bertz CT molecular complexity index is 616. The lowest BCUT2D eigenvalue weighted by atomic mass is 9.96. The van der Waals surface area contributed by atoms with Crippen molar-refractivity contribution in [3.05, 3.63) is 70.8 Å². The highest BCUT2D eigenvalue weighted by molar-refractivity contribution is 6.31. The van der Waals surface area contributed by atoms with Crippen molar-refractivity contribution in [3.8, 4) is 0 Å². The predicted molar refractivity (Wildman–Crippen MR) is 82.9 cm³/mol. The first kappa shape index (κ1) is 12.3. The lowest BCUT2D eigenvalue weighted by Gasteiger charge is -2.20. The van der Waals surface area contributed by atoms with Gasteiger partial charge in [-0.2, -0.15) is 0 Å². The zero-order valence-electron chi connectivity index (χ0n) is 10.9. The number of benzene rings is 2. The Hall–Kier alpha value is -1.73. The van der Waals surface area contributed by atoms with E-state index in [9.17, 15) is 0 Å². The molecule has 0 saturated carbocycles. The van der Waals surface area contributed by atoms with Crippen LogP contribution in [0.15, 0.2) is 54.6 Å². The van der Waals surface area contributed by atoms with Gasteiger partial charge in [-0.15, -0.1) is 0 Å². The van der Waals surface area contributed by atoms with E-state index >= 15 is 0 Å². The summed E-state index contributed by atoms with van der Waals surface area (Å²) in [6.07, 6.45) is 3.36. The van der Waals surface area contributed by atoms with Crippen molar-refractivity contribution >= 4 is 22.9 Å². The molecule has 2 aromatic carbocycles. The first-order valence-corrected chi connectivity index (χ1v) is 6.90. The summed E-state index contributed by atoms with van der Waals surface area (Å²) in [7, 11) is 2.13. The molecule has 0 N–H and O–H groups in total. The van der Waals surface area contributed by atoms with Gasteiger partial charge in [0.15, 0.2) is 0 Å². The van der Waals surface area contributed by atoms with Gasteiger partial charge in [0.2, 0.25) is 0 Å². The molecule has 2 heteroatoms. The number of halogens is 1. The SMILES string of the molecule is CN1CCC=C(c2ccccc2)c2cc(Cl)ccc21. The highest BCUT2D eigenvalue weighted by Gasteiger charge is 2.16. The maximum Gasteiger partial charge on any atom is 0.0444 e. The summed E-state index contributed by atoms with van der Waals surface area (Å²) >= 11 is 6.18. The van der Waals surface area contributed by atoms with E-state index in [-0.39, 0.29) is 0 Å². The third-order valence-corrected chi connectivity index (χ3v) is 3.79. The van der Waals surface area contributed by atoms with E-state index in [2.05, 4.69) is 54.4 Å². The molecule has 0 bridgehead atoms. The lowest BCUT2D eigenvalue weighted by Crippen LogP contribution is -2.17. The molecule has 19 heavy (non-hydrogen) atoms. The minimum atomic E-state index is 0.788. The summed E-state index contributed by atoms with van der Waals surface area (Å²) in [6.45, 7) is 1.03. The first-order chi connectivity index (χ1) is 9.25. The predicted octanol–water partition coefficient (Wildman–Crippen LogP) is 4.61. The number of rotatable bonds is 1. The molecular weight excluding hydrogens is 254 g/mol. The van der Waals surface area contributed by atoms with E-state index in [0.717, 1.165) is 18.0 Å². The van der Waals surface area contributed by atoms with Crippen LogP contribution in [0, 0.1) is 0 Å². The molecule has 0 radical (unpaired) electrons. The van der Waals surface area contributed by atoms with E-state index in [1.54, 1.807) is 0 Å². The van der Waals surface area contributed by atoms with Crippen LogP contribution in [0.3, 0.4) is 0 Å². The number of hydrogen-bond acceptors (Lipinski definition) is 1. The van der Waals surface area contributed by atoms with E-state index < -0.39 is 0 Å². The van der Waals surface area contributed by atoms with Crippen LogP contribution >= 0.6 is 11.6 Å². The molecule has 0 aromatic heterocycles. The summed E-state index contributed by atoms with van der Waals surface area (Å²) in [5.41, 5.74) is 5.00. The van der Waals surface area contributed by atoms with Gasteiger partial charge in [-0.25, -0.2) is 0 Å². The zero-order chi connectivity index (χ0) is 13.2. The molecule has 96 valence electrons. The fourth-order valence-corrected chi connectivity index (χ4v) is 2.75. The van der Waals surface area contributed by atoms with Gasteiger partial charge in [-0.1, -0.05) is 48.0 Å². The van der Waals surface area contributed by atoms with Gasteiger partial charge in [0.05, 0.1) is 0 Å². The quantitative estimate of drug-likeness (QED) is 0.731. The molecule has 0 atom stereocenters. The van der Waals surface area contributed by atoms with Crippen LogP contribution in [-0.4, -0.2) is 13.6 Å². The van der Waals surface area contributed by atoms with Gasteiger partial charge < -0.3 is 4.90 Å². The van der Waals surface area contributed by atoms with Crippen LogP contribution in [0.25, 0.3) is 5.57 Å². The smallest absolute Gasteiger partial charge is 0.0444 e. The summed E-state index contributed by atoms with van der Waals surface area (Å²) in [4.78, 5) is 2.29. The Morgan fingerprint density at radius 3 is 2.63 bits per heavy atom. The molecule has 3 rings (SSSR count). The van der Waals surface area contributed by atoms with Crippen molar-refractivity contribution in [3.63, 3.8) is 0 Å². The molecule has 1 heterocycles. The number of nitrogens with zero attached hydrogens (tertiary/aromatic N) is 1. The Labute approximate surface area is 119 Å². The monoisotopic (exact) mass is 269 g/mol. The fraction of sp³-hybridized carbons (Fsp3) is 0.176. The minimum Gasteiger partial charge on any atom is -0.374 e. The molecule has 0 saturated heterocycles. The molecular formula is C17H16ClN. The molecule has 2 aromatic rings. The van der Waals surface area contributed by atoms with Crippen molar-refractivity contribution in [1.29, 1.82) is 0 Å². The van der Waals surface area contributed by atoms with E-state index in [1.807, 2.05) is 12.1 Å². The van der Waals surface area contributed by atoms with Gasteiger partial charge in [0.1, 0.15) is 0 Å². The third-order valence-electron chi connectivity index (χ3n) is 3.56. The Balaban J connectivity index is 2.18. The van der Waals surface area contributed by atoms with Gasteiger partial charge in [-0.05, 0) is 35.8 Å². The largest absolute Gasteiger partial charge is 0.374 e. The van der Waals surface area contributed by atoms with Crippen LogP contribution in [0.4, 0.5) is 5.69 Å². The van der Waals surface area contributed by atoms with Crippen LogP contribution in [0.5, 0.6) is 0 Å². The fourth-order valence-electron chi connectivity index (χ4n) is 2.58. The van der Waals surface area contributed by atoms with Gasteiger partial charge >= 0.3 is 0 Å². The highest BCUT2D eigenvalue weighted by atomic mass is 35.5. The normalized spacial score (nSPS) is 14.6. The molecule has 1 aliphatic rings. The average Bonchev–Trinajstić information content (AvgIpc) is 2.59. The second-order valence-corrected chi connectivity index (χ2v) is 5.29. The summed E-state index contributed by atoms with van der Waals surface area (Å²) in [6, 6.07) is 16.7. The molecule has 1 aliphatic heterocycles. The Kier molecular flexibility index (Phi) is 3.31. The van der Waals surface area contributed by atoms with Crippen molar-refractivity contribution in [1.82, 2.24) is 0 Å². The van der Waals surface area contributed by atoms with E-state index in [4.69, 9.17) is 11.6 Å². The van der Waals surface area contributed by atoms with Crippen LogP contribution in [0.1, 0.15) is 17.5 Å². The number of fused-ring (bicyclic) bond motifs is 1. The van der Waals surface area contributed by atoms with Crippen molar-refractivity contribution in [2.75, 3.05) is 18.5 Å². The average molecular weight is 270 g/mol. The van der Waals surface area contributed by atoms with Gasteiger partial charge in [0, 0.05) is 29.9 Å². The molecule has 0 amide bonds. The summed E-state index contributed by atoms with van der Waals surface area (Å²) < 4.78 is 0. The zero-order valence-corrected chi connectivity index (χ0v) is 11.7. The van der Waals surface area contributed by atoms with Crippen molar-refractivity contribution < 1.29 is 0 Å². The standard InChI is InChI=1S/C17H16ClN/c1-19-11-5-8-15(13-6-3-2-4-7-13)16-12-14(18)9-10-17(16)19/h2-4,6-10,12H,5,11H2,1H3. The molecule has 0 aliphatic carbocycles. The van der Waals surface area contributed by atoms with Gasteiger partial charge in [-0.3, -0.25) is 0 Å². The van der Waals surface area contributed by atoms with E-state index in [1.165, 1.54) is 22.4 Å². The van der Waals surface area contributed by atoms with Crippen molar-refractivity contribution in [2.45, 2.75) is 6.42 Å². The topological polar surface area (TPSA) is 3.24 Å². The maximum absolute atomic E-state index is 6.18. The van der Waals surface area contributed by atoms with Crippen molar-refractivity contribution in [2.24, 2.45) is 0 Å². The molecule has 1 nitrogen and oxygen atoms in total.